The first-order valence-electron chi connectivity index (χ1n) is 15.6. The molecule has 4 heterocycles. The number of hydrogen-bond donors (Lipinski definition) is 0. The van der Waals surface area contributed by atoms with E-state index in [1.165, 1.54) is 43.6 Å². The Morgan fingerprint density at radius 3 is 1.28 bits per heavy atom. The molecule has 0 radical (unpaired) electrons. The third kappa shape index (κ3) is 3.07. The van der Waals surface area contributed by atoms with Gasteiger partial charge in [0.15, 0.2) is 0 Å². The highest BCUT2D eigenvalue weighted by atomic mass is 16.3. The summed E-state index contributed by atoms with van der Waals surface area (Å²) in [6.07, 6.45) is 0. The Morgan fingerprint density at radius 2 is 0.761 bits per heavy atom. The molecule has 0 saturated carbocycles. The van der Waals surface area contributed by atoms with Crippen molar-refractivity contribution >= 4 is 87.5 Å². The zero-order valence-electron chi connectivity index (χ0n) is 24.6. The van der Waals surface area contributed by atoms with Crippen LogP contribution in [-0.4, -0.2) is 9.13 Å². The zero-order valence-corrected chi connectivity index (χ0v) is 24.6. The number of aromatic nitrogens is 2. The molecule has 214 valence electrons. The first kappa shape index (κ1) is 24.1. The van der Waals surface area contributed by atoms with Crippen molar-refractivity contribution in [2.75, 3.05) is 0 Å². The summed E-state index contributed by atoms with van der Waals surface area (Å²) < 4.78 is 17.9. The minimum Gasteiger partial charge on any atom is -0.456 e. The van der Waals surface area contributed by atoms with Gasteiger partial charge in [-0.3, -0.25) is 0 Å². The number of fused-ring (bicyclic) bond motifs is 13. The summed E-state index contributed by atoms with van der Waals surface area (Å²) in [7, 11) is 0. The quantitative estimate of drug-likeness (QED) is 0.201. The van der Waals surface area contributed by atoms with E-state index < -0.39 is 0 Å². The average Bonchev–Trinajstić information content (AvgIpc) is 3.85. The third-order valence-corrected chi connectivity index (χ3v) is 9.72. The lowest BCUT2D eigenvalue weighted by Gasteiger charge is -2.07. The monoisotopic (exact) mass is 588 g/mol. The van der Waals surface area contributed by atoms with E-state index in [1.54, 1.807) is 0 Å². The highest BCUT2D eigenvalue weighted by Gasteiger charge is 2.19. The summed E-state index contributed by atoms with van der Waals surface area (Å²) >= 11 is 0. The smallest absolute Gasteiger partial charge is 0.147 e. The predicted octanol–water partition coefficient (Wildman–Crippen LogP) is 11.7. The van der Waals surface area contributed by atoms with Crippen molar-refractivity contribution in [1.29, 1.82) is 0 Å². The Kier molecular flexibility index (Phi) is 4.55. The van der Waals surface area contributed by atoms with E-state index in [9.17, 15) is 0 Å². The van der Waals surface area contributed by atoms with E-state index in [1.807, 2.05) is 0 Å². The van der Waals surface area contributed by atoms with Crippen LogP contribution in [0.25, 0.3) is 98.9 Å². The number of para-hydroxylation sites is 4. The van der Waals surface area contributed by atoms with Gasteiger partial charge in [0.05, 0.1) is 27.5 Å². The van der Waals surface area contributed by atoms with Crippen LogP contribution in [0.4, 0.5) is 0 Å². The third-order valence-electron chi connectivity index (χ3n) is 9.72. The Balaban J connectivity index is 1.13. The summed E-state index contributed by atoms with van der Waals surface area (Å²) in [5, 5.41) is 9.22. The fourth-order valence-corrected chi connectivity index (χ4v) is 7.75. The molecule has 4 aromatic heterocycles. The topological polar surface area (TPSA) is 36.1 Å². The highest BCUT2D eigenvalue weighted by molar-refractivity contribution is 6.22. The van der Waals surface area contributed by atoms with Crippen molar-refractivity contribution < 1.29 is 8.83 Å². The van der Waals surface area contributed by atoms with Crippen LogP contribution in [0.2, 0.25) is 0 Å². The molecule has 0 aliphatic heterocycles. The molecule has 0 N–H and O–H groups in total. The lowest BCUT2D eigenvalue weighted by molar-refractivity contribution is 0.662. The lowest BCUT2D eigenvalue weighted by Crippen LogP contribution is -1.93. The number of hydrogen-bond acceptors (Lipinski definition) is 2. The van der Waals surface area contributed by atoms with Crippen LogP contribution >= 0.6 is 0 Å². The van der Waals surface area contributed by atoms with Crippen LogP contribution in [0.1, 0.15) is 0 Å². The standard InChI is InChI=1S/C42H24N2O2/c1-5-13-34-27(9-1)28-10-2-6-14-35(28)43(34)25-17-19-31-32-21-22-38-41(42(32)46-39(31)23-25)33-20-18-26(24-40(33)45-38)44-36-15-7-3-11-29(36)30-12-4-8-16-37(30)44/h1-24H. The molecule has 0 saturated heterocycles. The predicted molar refractivity (Wildman–Crippen MR) is 190 cm³/mol. The molecule has 11 aromatic rings. The Labute approximate surface area is 261 Å². The molecule has 0 aliphatic rings. The van der Waals surface area contributed by atoms with Gasteiger partial charge in [-0.25, -0.2) is 0 Å². The van der Waals surface area contributed by atoms with Gasteiger partial charge < -0.3 is 18.0 Å². The van der Waals surface area contributed by atoms with Crippen LogP contribution in [0.5, 0.6) is 0 Å². The fraction of sp³-hybridized carbons (Fsp3) is 0. The Hall–Kier alpha value is -6.26. The van der Waals surface area contributed by atoms with Crippen molar-refractivity contribution in [3.05, 3.63) is 146 Å². The molecule has 0 bridgehead atoms. The molecule has 46 heavy (non-hydrogen) atoms. The van der Waals surface area contributed by atoms with E-state index in [4.69, 9.17) is 8.83 Å². The van der Waals surface area contributed by atoms with E-state index >= 15 is 0 Å². The van der Waals surface area contributed by atoms with Crippen LogP contribution in [0, 0.1) is 0 Å². The van der Waals surface area contributed by atoms with Crippen LogP contribution in [0.15, 0.2) is 154 Å². The molecule has 0 fully saturated rings. The Morgan fingerprint density at radius 1 is 0.326 bits per heavy atom. The maximum atomic E-state index is 6.73. The summed E-state index contributed by atoms with van der Waals surface area (Å²) in [4.78, 5) is 0. The van der Waals surface area contributed by atoms with Crippen LogP contribution in [-0.2, 0) is 0 Å². The summed E-state index contributed by atoms with van der Waals surface area (Å²) in [6.45, 7) is 0. The highest BCUT2D eigenvalue weighted by Crippen LogP contribution is 2.42. The normalized spacial score (nSPS) is 12.3. The molecule has 0 spiro atoms. The second-order valence-corrected chi connectivity index (χ2v) is 12.1. The molecule has 0 aliphatic carbocycles. The Bertz CT molecular complexity index is 2930. The fourth-order valence-electron chi connectivity index (χ4n) is 7.75. The SMILES string of the molecule is c1ccc2c(c1)c1ccccc1n2-c1ccc2c(c1)oc1c2ccc2oc3cc(-n4c5ccccc5c5ccccc54)ccc3c21. The second kappa shape index (κ2) is 8.68. The van der Waals surface area contributed by atoms with Gasteiger partial charge in [0, 0.05) is 61.2 Å². The van der Waals surface area contributed by atoms with Crippen LogP contribution < -0.4 is 0 Å². The maximum Gasteiger partial charge on any atom is 0.147 e. The zero-order chi connectivity index (χ0) is 29.9. The number of nitrogens with zero attached hydrogens (tertiary/aromatic N) is 2. The van der Waals surface area contributed by atoms with Crippen molar-refractivity contribution in [3.8, 4) is 11.4 Å². The molecule has 0 unspecified atom stereocenters. The maximum absolute atomic E-state index is 6.73. The summed E-state index contributed by atoms with van der Waals surface area (Å²) in [5.41, 5.74) is 10.2. The molecule has 11 rings (SSSR count). The van der Waals surface area contributed by atoms with Gasteiger partial charge in [0.25, 0.3) is 0 Å². The second-order valence-electron chi connectivity index (χ2n) is 12.1. The van der Waals surface area contributed by atoms with Crippen molar-refractivity contribution in [1.82, 2.24) is 9.13 Å². The molecule has 0 amide bonds. The van der Waals surface area contributed by atoms with Gasteiger partial charge >= 0.3 is 0 Å². The summed E-state index contributed by atoms with van der Waals surface area (Å²) in [5.74, 6) is 0. The van der Waals surface area contributed by atoms with Gasteiger partial charge in [-0.05, 0) is 60.7 Å². The number of rotatable bonds is 2. The first-order valence-corrected chi connectivity index (χ1v) is 15.6. The van der Waals surface area contributed by atoms with E-state index in [-0.39, 0.29) is 0 Å². The van der Waals surface area contributed by atoms with Crippen LogP contribution in [0.3, 0.4) is 0 Å². The lowest BCUT2D eigenvalue weighted by atomic mass is 10.1. The van der Waals surface area contributed by atoms with E-state index in [0.29, 0.717) is 0 Å². The van der Waals surface area contributed by atoms with Gasteiger partial charge in [-0.2, -0.15) is 0 Å². The molecular formula is C42H24N2O2. The van der Waals surface area contributed by atoms with Crippen molar-refractivity contribution in [3.63, 3.8) is 0 Å². The molecular weight excluding hydrogens is 564 g/mol. The number of furan rings is 2. The molecule has 7 aromatic carbocycles. The number of benzene rings is 7. The molecule has 4 heteroatoms. The van der Waals surface area contributed by atoms with Gasteiger partial charge in [0.2, 0.25) is 0 Å². The van der Waals surface area contributed by atoms with Gasteiger partial charge in [-0.15, -0.1) is 0 Å². The largest absolute Gasteiger partial charge is 0.456 e. The first-order chi connectivity index (χ1) is 22.8. The van der Waals surface area contributed by atoms with E-state index in [0.717, 1.165) is 55.3 Å². The molecule has 4 nitrogen and oxygen atoms in total. The van der Waals surface area contributed by atoms with E-state index in [2.05, 4.69) is 155 Å². The van der Waals surface area contributed by atoms with Gasteiger partial charge in [0.1, 0.15) is 22.3 Å². The average molecular weight is 589 g/mol. The minimum absolute atomic E-state index is 0.823. The minimum atomic E-state index is 0.823. The van der Waals surface area contributed by atoms with Gasteiger partial charge in [-0.1, -0.05) is 72.8 Å². The van der Waals surface area contributed by atoms with Crippen molar-refractivity contribution in [2.45, 2.75) is 0 Å². The summed E-state index contributed by atoms with van der Waals surface area (Å²) in [6, 6.07) is 51.6. The van der Waals surface area contributed by atoms with Crippen molar-refractivity contribution in [2.24, 2.45) is 0 Å². The molecule has 0 atom stereocenters.